The molecular formula is C11H21NO3. The molecule has 2 atom stereocenters. The molecule has 4 nitrogen and oxygen atoms in total. The molecule has 1 rings (SSSR count). The monoisotopic (exact) mass is 215 g/mol. The Morgan fingerprint density at radius 2 is 2.20 bits per heavy atom. The lowest BCUT2D eigenvalue weighted by Crippen LogP contribution is -2.45. The number of ether oxygens (including phenoxy) is 1. The molecule has 0 spiro atoms. The molecule has 0 aromatic heterocycles. The van der Waals surface area contributed by atoms with Gasteiger partial charge in [-0.15, -0.1) is 0 Å². The van der Waals surface area contributed by atoms with E-state index in [1.54, 1.807) is 0 Å². The summed E-state index contributed by atoms with van der Waals surface area (Å²) >= 11 is 0. The van der Waals surface area contributed by atoms with Gasteiger partial charge in [-0.2, -0.15) is 0 Å². The third kappa shape index (κ3) is 3.47. The Hall–Kier alpha value is -0.610. The standard InChI is InChI=1S/C11H21NO3/c1-8(2)12(6-11(13)14)9(3)10-4-5-15-7-10/h8-10H,4-7H2,1-3H3,(H,13,14). The lowest BCUT2D eigenvalue weighted by Gasteiger charge is -2.34. The molecule has 0 bridgehead atoms. The molecule has 0 saturated carbocycles. The zero-order valence-electron chi connectivity index (χ0n) is 9.77. The molecule has 0 aromatic rings. The molecule has 0 aliphatic carbocycles. The third-order valence-electron chi connectivity index (χ3n) is 3.15. The highest BCUT2D eigenvalue weighted by Gasteiger charge is 2.29. The van der Waals surface area contributed by atoms with E-state index in [9.17, 15) is 4.79 Å². The van der Waals surface area contributed by atoms with Gasteiger partial charge in [0.1, 0.15) is 0 Å². The maximum absolute atomic E-state index is 10.8. The number of hydrogen-bond acceptors (Lipinski definition) is 3. The minimum Gasteiger partial charge on any atom is -0.480 e. The lowest BCUT2D eigenvalue weighted by atomic mass is 9.98. The molecule has 88 valence electrons. The van der Waals surface area contributed by atoms with Crippen LogP contribution in [0.4, 0.5) is 0 Å². The SMILES string of the molecule is CC(C)N(CC(=O)O)C(C)C1CCOC1. The largest absolute Gasteiger partial charge is 0.480 e. The summed E-state index contributed by atoms with van der Waals surface area (Å²) in [5.41, 5.74) is 0. The fourth-order valence-electron chi connectivity index (χ4n) is 2.16. The van der Waals surface area contributed by atoms with Crippen LogP contribution in [-0.2, 0) is 9.53 Å². The second-order valence-corrected chi connectivity index (χ2v) is 4.52. The summed E-state index contributed by atoms with van der Waals surface area (Å²) in [4.78, 5) is 12.8. The number of aliphatic carboxylic acids is 1. The van der Waals surface area contributed by atoms with Crippen LogP contribution < -0.4 is 0 Å². The first-order chi connectivity index (χ1) is 7.02. The first kappa shape index (κ1) is 12.5. The van der Waals surface area contributed by atoms with Crippen molar-refractivity contribution in [1.29, 1.82) is 0 Å². The molecule has 1 heterocycles. The van der Waals surface area contributed by atoms with Crippen molar-refractivity contribution in [3.8, 4) is 0 Å². The summed E-state index contributed by atoms with van der Waals surface area (Å²) in [5.74, 6) is -0.277. The van der Waals surface area contributed by atoms with Crippen LogP contribution in [0, 0.1) is 5.92 Å². The summed E-state index contributed by atoms with van der Waals surface area (Å²) in [5, 5.41) is 8.85. The van der Waals surface area contributed by atoms with Crippen molar-refractivity contribution in [2.24, 2.45) is 5.92 Å². The Morgan fingerprint density at radius 1 is 1.53 bits per heavy atom. The van der Waals surface area contributed by atoms with E-state index in [0.29, 0.717) is 5.92 Å². The lowest BCUT2D eigenvalue weighted by molar-refractivity contribution is -0.139. The molecule has 0 aromatic carbocycles. The molecule has 4 heteroatoms. The molecule has 1 saturated heterocycles. The smallest absolute Gasteiger partial charge is 0.317 e. The molecule has 15 heavy (non-hydrogen) atoms. The van der Waals surface area contributed by atoms with Gasteiger partial charge in [0.2, 0.25) is 0 Å². The van der Waals surface area contributed by atoms with Crippen molar-refractivity contribution in [1.82, 2.24) is 4.90 Å². The molecular weight excluding hydrogens is 194 g/mol. The molecule has 1 aliphatic heterocycles. The van der Waals surface area contributed by atoms with Gasteiger partial charge in [0, 0.05) is 18.7 Å². The van der Waals surface area contributed by atoms with E-state index in [2.05, 4.69) is 6.92 Å². The summed E-state index contributed by atoms with van der Waals surface area (Å²) in [6, 6.07) is 0.542. The third-order valence-corrected chi connectivity index (χ3v) is 3.15. The van der Waals surface area contributed by atoms with Gasteiger partial charge in [-0.05, 0) is 33.1 Å². The second kappa shape index (κ2) is 5.47. The van der Waals surface area contributed by atoms with Crippen LogP contribution in [0.5, 0.6) is 0 Å². The summed E-state index contributed by atoms with van der Waals surface area (Å²) in [6.45, 7) is 7.88. The molecule has 0 amide bonds. The quantitative estimate of drug-likeness (QED) is 0.749. The maximum atomic E-state index is 10.8. The highest BCUT2D eigenvalue weighted by atomic mass is 16.5. The number of rotatable bonds is 5. The zero-order chi connectivity index (χ0) is 11.4. The number of carbonyl (C=O) groups is 1. The van der Waals surface area contributed by atoms with E-state index in [4.69, 9.17) is 9.84 Å². The van der Waals surface area contributed by atoms with Crippen LogP contribution in [0.25, 0.3) is 0 Å². The Morgan fingerprint density at radius 3 is 2.60 bits per heavy atom. The summed E-state index contributed by atoms with van der Waals surface area (Å²) < 4.78 is 5.34. The van der Waals surface area contributed by atoms with E-state index in [0.717, 1.165) is 19.6 Å². The van der Waals surface area contributed by atoms with Gasteiger partial charge in [0.25, 0.3) is 0 Å². The predicted octanol–water partition coefficient (Wildman–Crippen LogP) is 1.21. The van der Waals surface area contributed by atoms with Crippen molar-refractivity contribution in [2.75, 3.05) is 19.8 Å². The molecule has 1 N–H and O–H groups in total. The van der Waals surface area contributed by atoms with Crippen molar-refractivity contribution >= 4 is 5.97 Å². The maximum Gasteiger partial charge on any atom is 0.317 e. The topological polar surface area (TPSA) is 49.8 Å². The molecule has 2 unspecified atom stereocenters. The Bertz CT molecular complexity index is 212. The number of carboxylic acid groups (broad SMARTS) is 1. The van der Waals surface area contributed by atoms with Gasteiger partial charge in [-0.3, -0.25) is 9.69 Å². The van der Waals surface area contributed by atoms with Gasteiger partial charge in [0.05, 0.1) is 13.2 Å². The Kier molecular flexibility index (Phi) is 4.54. The first-order valence-corrected chi connectivity index (χ1v) is 5.57. The van der Waals surface area contributed by atoms with Crippen LogP contribution in [-0.4, -0.2) is 47.8 Å². The number of nitrogens with zero attached hydrogens (tertiary/aromatic N) is 1. The number of hydrogen-bond donors (Lipinski definition) is 1. The molecule has 0 radical (unpaired) electrons. The van der Waals surface area contributed by atoms with Gasteiger partial charge < -0.3 is 9.84 Å². The van der Waals surface area contributed by atoms with Crippen molar-refractivity contribution < 1.29 is 14.6 Å². The minimum atomic E-state index is -0.755. The molecule has 1 aliphatic rings. The highest BCUT2D eigenvalue weighted by molar-refractivity contribution is 5.69. The van der Waals surface area contributed by atoms with Gasteiger partial charge in [0.15, 0.2) is 0 Å². The minimum absolute atomic E-state index is 0.120. The number of carboxylic acids is 1. The highest BCUT2D eigenvalue weighted by Crippen LogP contribution is 2.22. The normalized spacial score (nSPS) is 23.7. The average molecular weight is 215 g/mol. The van der Waals surface area contributed by atoms with E-state index in [-0.39, 0.29) is 18.6 Å². The summed E-state index contributed by atoms with van der Waals surface area (Å²) in [6.07, 6.45) is 1.05. The van der Waals surface area contributed by atoms with E-state index in [1.807, 2.05) is 18.7 Å². The summed E-state index contributed by atoms with van der Waals surface area (Å²) in [7, 11) is 0. The van der Waals surface area contributed by atoms with Crippen molar-refractivity contribution in [2.45, 2.75) is 39.3 Å². The average Bonchev–Trinajstić information content (AvgIpc) is 2.65. The second-order valence-electron chi connectivity index (χ2n) is 4.52. The van der Waals surface area contributed by atoms with Crippen LogP contribution in [0.3, 0.4) is 0 Å². The van der Waals surface area contributed by atoms with E-state index in [1.165, 1.54) is 0 Å². The van der Waals surface area contributed by atoms with Gasteiger partial charge >= 0.3 is 5.97 Å². The van der Waals surface area contributed by atoms with E-state index < -0.39 is 5.97 Å². The van der Waals surface area contributed by atoms with Gasteiger partial charge in [-0.1, -0.05) is 0 Å². The first-order valence-electron chi connectivity index (χ1n) is 5.57. The van der Waals surface area contributed by atoms with Gasteiger partial charge in [-0.25, -0.2) is 0 Å². The zero-order valence-corrected chi connectivity index (χ0v) is 9.77. The Labute approximate surface area is 91.2 Å². The fourth-order valence-corrected chi connectivity index (χ4v) is 2.16. The van der Waals surface area contributed by atoms with Crippen molar-refractivity contribution in [3.63, 3.8) is 0 Å². The van der Waals surface area contributed by atoms with Crippen LogP contribution in [0.1, 0.15) is 27.2 Å². The Balaban J connectivity index is 2.57. The van der Waals surface area contributed by atoms with Crippen LogP contribution >= 0.6 is 0 Å². The predicted molar refractivity (Wildman–Crippen MR) is 57.9 cm³/mol. The van der Waals surface area contributed by atoms with Crippen LogP contribution in [0.2, 0.25) is 0 Å². The van der Waals surface area contributed by atoms with Crippen LogP contribution in [0.15, 0.2) is 0 Å². The van der Waals surface area contributed by atoms with Crippen molar-refractivity contribution in [3.05, 3.63) is 0 Å². The fraction of sp³-hybridized carbons (Fsp3) is 0.909. The van der Waals surface area contributed by atoms with E-state index >= 15 is 0 Å². The molecule has 1 fully saturated rings.